The van der Waals surface area contributed by atoms with E-state index in [0.29, 0.717) is 17.2 Å². The number of amides is 1. The molecule has 0 aliphatic carbocycles. The van der Waals surface area contributed by atoms with E-state index in [2.05, 4.69) is 29.0 Å². The molecule has 0 spiro atoms. The number of nitrogens with one attached hydrogen (secondary N) is 1. The summed E-state index contributed by atoms with van der Waals surface area (Å²) in [7, 11) is 0. The molecule has 0 bridgehead atoms. The van der Waals surface area contributed by atoms with Gasteiger partial charge >= 0.3 is 0 Å². The van der Waals surface area contributed by atoms with Crippen molar-refractivity contribution in [3.05, 3.63) is 29.6 Å². The molecule has 0 aromatic heterocycles. The van der Waals surface area contributed by atoms with Gasteiger partial charge in [0, 0.05) is 44.8 Å². The predicted molar refractivity (Wildman–Crippen MR) is 108 cm³/mol. The van der Waals surface area contributed by atoms with Gasteiger partial charge in [-0.3, -0.25) is 4.79 Å². The number of carbonyl (C=O) groups is 1. The molecule has 1 aromatic carbocycles. The maximum Gasteiger partial charge on any atom is 0.253 e. The molecule has 2 heterocycles. The van der Waals surface area contributed by atoms with E-state index in [1.54, 1.807) is 12.1 Å². The zero-order chi connectivity index (χ0) is 19.2. The number of benzene rings is 1. The minimum atomic E-state index is -0.284. The zero-order valence-corrected chi connectivity index (χ0v) is 16.7. The average Bonchev–Trinajstić information content (AvgIpc) is 2.72. The number of piperidine rings is 1. The molecule has 3 rings (SSSR count). The third-order valence-corrected chi connectivity index (χ3v) is 5.94. The average molecular weight is 377 g/mol. The van der Waals surface area contributed by atoms with Crippen LogP contribution in [-0.4, -0.2) is 74.6 Å². The quantitative estimate of drug-likeness (QED) is 0.828. The standard InChI is InChI=1S/C21H33FN4O/c1-3-23-16-17-7-9-26(10-8-17)21(27)18-5-6-20(19(22)15-18)25-13-11-24(4-2)12-14-25/h5-6,15,17,23H,3-4,7-14,16H2,1-2H3. The van der Waals surface area contributed by atoms with Gasteiger partial charge in [0.15, 0.2) is 0 Å². The van der Waals surface area contributed by atoms with Gasteiger partial charge in [0.1, 0.15) is 5.82 Å². The summed E-state index contributed by atoms with van der Waals surface area (Å²) in [6.45, 7) is 12.4. The highest BCUT2D eigenvalue weighted by Crippen LogP contribution is 2.24. The Balaban J connectivity index is 1.58. The Hall–Kier alpha value is -1.66. The van der Waals surface area contributed by atoms with E-state index in [-0.39, 0.29) is 11.7 Å². The molecule has 2 fully saturated rings. The molecule has 1 N–H and O–H groups in total. The van der Waals surface area contributed by atoms with E-state index in [4.69, 9.17) is 0 Å². The highest BCUT2D eigenvalue weighted by Gasteiger charge is 2.25. The molecule has 0 unspecified atom stereocenters. The van der Waals surface area contributed by atoms with Gasteiger partial charge in [0.25, 0.3) is 5.91 Å². The molecular formula is C21H33FN4O. The first-order valence-electron chi connectivity index (χ1n) is 10.4. The van der Waals surface area contributed by atoms with E-state index in [1.807, 2.05) is 4.90 Å². The largest absolute Gasteiger partial charge is 0.367 e. The molecule has 2 aliphatic rings. The highest BCUT2D eigenvalue weighted by molar-refractivity contribution is 5.94. The lowest BCUT2D eigenvalue weighted by Gasteiger charge is -2.36. The van der Waals surface area contributed by atoms with E-state index >= 15 is 0 Å². The molecule has 2 saturated heterocycles. The van der Waals surface area contributed by atoms with Crippen LogP contribution < -0.4 is 10.2 Å². The van der Waals surface area contributed by atoms with Gasteiger partial charge in [-0.25, -0.2) is 4.39 Å². The molecule has 0 radical (unpaired) electrons. The second-order valence-electron chi connectivity index (χ2n) is 7.63. The maximum atomic E-state index is 14.7. The van der Waals surface area contributed by atoms with Crippen LogP contribution in [0.2, 0.25) is 0 Å². The van der Waals surface area contributed by atoms with Gasteiger partial charge in [-0.2, -0.15) is 0 Å². The maximum absolute atomic E-state index is 14.7. The minimum Gasteiger partial charge on any atom is -0.367 e. The number of likely N-dealkylation sites (tertiary alicyclic amines) is 1. The molecule has 0 saturated carbocycles. The van der Waals surface area contributed by atoms with Crippen molar-refractivity contribution >= 4 is 11.6 Å². The van der Waals surface area contributed by atoms with E-state index in [0.717, 1.165) is 71.7 Å². The lowest BCUT2D eigenvalue weighted by molar-refractivity contribution is 0.0690. The molecule has 27 heavy (non-hydrogen) atoms. The first kappa shape index (κ1) is 20.1. The van der Waals surface area contributed by atoms with Gasteiger partial charge in [-0.1, -0.05) is 13.8 Å². The summed E-state index contributed by atoms with van der Waals surface area (Å²) in [6, 6.07) is 4.99. The van der Waals surface area contributed by atoms with Crippen LogP contribution in [0.1, 0.15) is 37.0 Å². The summed E-state index contributed by atoms with van der Waals surface area (Å²) in [5, 5.41) is 3.38. The van der Waals surface area contributed by atoms with Crippen LogP contribution in [0.15, 0.2) is 18.2 Å². The number of hydrogen-bond acceptors (Lipinski definition) is 4. The van der Waals surface area contributed by atoms with Crippen molar-refractivity contribution in [3.63, 3.8) is 0 Å². The zero-order valence-electron chi connectivity index (χ0n) is 16.7. The van der Waals surface area contributed by atoms with Crippen molar-refractivity contribution in [2.45, 2.75) is 26.7 Å². The van der Waals surface area contributed by atoms with Crippen molar-refractivity contribution in [2.75, 3.05) is 63.8 Å². The second kappa shape index (κ2) is 9.51. The summed E-state index contributed by atoms with van der Waals surface area (Å²) >= 11 is 0. The molecule has 1 amide bonds. The normalized spacial score (nSPS) is 19.5. The SMILES string of the molecule is CCNCC1CCN(C(=O)c2ccc(N3CCN(CC)CC3)c(F)c2)CC1. The van der Waals surface area contributed by atoms with Crippen LogP contribution in [0.3, 0.4) is 0 Å². The van der Waals surface area contributed by atoms with Crippen LogP contribution in [0.5, 0.6) is 0 Å². The number of hydrogen-bond donors (Lipinski definition) is 1. The number of piperazine rings is 1. The minimum absolute atomic E-state index is 0.0434. The molecule has 0 atom stereocenters. The Morgan fingerprint density at radius 3 is 2.41 bits per heavy atom. The van der Waals surface area contributed by atoms with Crippen molar-refractivity contribution in [1.82, 2.24) is 15.1 Å². The number of nitrogens with zero attached hydrogens (tertiary/aromatic N) is 3. The summed E-state index contributed by atoms with van der Waals surface area (Å²) < 4.78 is 14.7. The fourth-order valence-electron chi connectivity index (χ4n) is 4.07. The summed E-state index contributed by atoms with van der Waals surface area (Å²) in [4.78, 5) is 19.1. The van der Waals surface area contributed by atoms with Crippen molar-refractivity contribution in [2.24, 2.45) is 5.92 Å². The number of carbonyl (C=O) groups excluding carboxylic acids is 1. The van der Waals surface area contributed by atoms with Crippen LogP contribution in [0, 0.1) is 11.7 Å². The lowest BCUT2D eigenvalue weighted by Crippen LogP contribution is -2.46. The number of rotatable bonds is 6. The van der Waals surface area contributed by atoms with E-state index in [1.165, 1.54) is 6.07 Å². The number of halogens is 1. The van der Waals surface area contributed by atoms with Gasteiger partial charge in [0.2, 0.25) is 0 Å². The smallest absolute Gasteiger partial charge is 0.253 e. The molecule has 150 valence electrons. The monoisotopic (exact) mass is 376 g/mol. The van der Waals surface area contributed by atoms with Gasteiger partial charge in [0.05, 0.1) is 5.69 Å². The second-order valence-corrected chi connectivity index (χ2v) is 7.63. The van der Waals surface area contributed by atoms with Crippen molar-refractivity contribution in [1.29, 1.82) is 0 Å². The Kier molecular flexibility index (Phi) is 7.07. The first-order chi connectivity index (χ1) is 13.1. The fraction of sp³-hybridized carbons (Fsp3) is 0.667. The van der Waals surface area contributed by atoms with Crippen LogP contribution in [0.25, 0.3) is 0 Å². The Labute approximate surface area is 162 Å². The van der Waals surface area contributed by atoms with Gasteiger partial charge in [-0.05, 0) is 56.6 Å². The van der Waals surface area contributed by atoms with Crippen LogP contribution in [-0.2, 0) is 0 Å². The van der Waals surface area contributed by atoms with Crippen LogP contribution in [0.4, 0.5) is 10.1 Å². The summed E-state index contributed by atoms with van der Waals surface area (Å²) in [6.07, 6.45) is 2.03. The van der Waals surface area contributed by atoms with Crippen molar-refractivity contribution < 1.29 is 9.18 Å². The molecule has 2 aliphatic heterocycles. The molecular weight excluding hydrogens is 343 g/mol. The van der Waals surface area contributed by atoms with E-state index in [9.17, 15) is 9.18 Å². The van der Waals surface area contributed by atoms with Gasteiger partial charge in [-0.15, -0.1) is 0 Å². The van der Waals surface area contributed by atoms with Gasteiger partial charge < -0.3 is 20.0 Å². The third-order valence-electron chi connectivity index (χ3n) is 5.94. The Morgan fingerprint density at radius 2 is 1.81 bits per heavy atom. The predicted octanol–water partition coefficient (Wildman–Crippen LogP) is 2.43. The molecule has 6 heteroatoms. The van der Waals surface area contributed by atoms with E-state index < -0.39 is 0 Å². The third kappa shape index (κ3) is 4.99. The number of likely N-dealkylation sites (N-methyl/N-ethyl adjacent to an activating group) is 1. The number of anilines is 1. The Morgan fingerprint density at radius 1 is 1.11 bits per heavy atom. The first-order valence-corrected chi connectivity index (χ1v) is 10.4. The molecule has 5 nitrogen and oxygen atoms in total. The van der Waals surface area contributed by atoms with Crippen LogP contribution >= 0.6 is 0 Å². The fourth-order valence-corrected chi connectivity index (χ4v) is 4.07. The topological polar surface area (TPSA) is 38.8 Å². The summed E-state index contributed by atoms with van der Waals surface area (Å²) in [5.41, 5.74) is 1.08. The highest BCUT2D eigenvalue weighted by atomic mass is 19.1. The Bertz CT molecular complexity index is 623. The van der Waals surface area contributed by atoms with Crippen molar-refractivity contribution in [3.8, 4) is 0 Å². The summed E-state index contributed by atoms with van der Waals surface area (Å²) in [5.74, 6) is 0.306. The lowest BCUT2D eigenvalue weighted by atomic mass is 9.96. The molecule has 1 aromatic rings.